The summed E-state index contributed by atoms with van der Waals surface area (Å²) in [5, 5.41) is 2.69. The van der Waals surface area contributed by atoms with Crippen LogP contribution in [0, 0.1) is 5.92 Å². The summed E-state index contributed by atoms with van der Waals surface area (Å²) in [6.45, 7) is 7.75. The Labute approximate surface area is 111 Å². The van der Waals surface area contributed by atoms with Crippen molar-refractivity contribution < 1.29 is 13.8 Å². The first kappa shape index (κ1) is 15.1. The van der Waals surface area contributed by atoms with Gasteiger partial charge in [0.25, 0.3) is 0 Å². The summed E-state index contributed by atoms with van der Waals surface area (Å²) in [7, 11) is -0.920. The van der Waals surface area contributed by atoms with Crippen molar-refractivity contribution >= 4 is 22.6 Å². The quantitative estimate of drug-likeness (QED) is 0.775. The van der Waals surface area contributed by atoms with Gasteiger partial charge >= 0.3 is 0 Å². The van der Waals surface area contributed by atoms with Crippen LogP contribution in [0.1, 0.15) is 27.7 Å². The van der Waals surface area contributed by atoms with Crippen LogP contribution in [0.5, 0.6) is 0 Å². The molecule has 0 radical (unpaired) electrons. The summed E-state index contributed by atoms with van der Waals surface area (Å²) in [4.78, 5) is 25.6. The molecule has 5 nitrogen and oxygen atoms in total. The molecule has 18 heavy (non-hydrogen) atoms. The van der Waals surface area contributed by atoms with E-state index in [-0.39, 0.29) is 17.7 Å². The van der Waals surface area contributed by atoms with Gasteiger partial charge in [0.2, 0.25) is 11.8 Å². The summed E-state index contributed by atoms with van der Waals surface area (Å²) >= 11 is 0. The number of piperazine rings is 1. The Morgan fingerprint density at radius 3 is 2.50 bits per heavy atom. The lowest BCUT2D eigenvalue weighted by Gasteiger charge is -2.39. The zero-order chi connectivity index (χ0) is 13.9. The molecular formula is C12H22N2O3S. The minimum absolute atomic E-state index is 0.0523. The van der Waals surface area contributed by atoms with E-state index >= 15 is 0 Å². The number of nitrogens with zero attached hydrogens (tertiary/aromatic N) is 1. The highest BCUT2D eigenvalue weighted by Crippen LogP contribution is 2.17. The first-order valence-electron chi connectivity index (χ1n) is 6.34. The van der Waals surface area contributed by atoms with Crippen molar-refractivity contribution in [1.29, 1.82) is 0 Å². The van der Waals surface area contributed by atoms with E-state index in [9.17, 15) is 13.8 Å². The second kappa shape index (κ2) is 6.31. The van der Waals surface area contributed by atoms with Gasteiger partial charge in [0.1, 0.15) is 12.1 Å². The Hall–Kier alpha value is -0.910. The van der Waals surface area contributed by atoms with Gasteiger partial charge in [-0.05, 0) is 12.8 Å². The van der Waals surface area contributed by atoms with Crippen molar-refractivity contribution in [3.63, 3.8) is 0 Å². The summed E-state index contributed by atoms with van der Waals surface area (Å²) in [6, 6.07) is -0.926. The van der Waals surface area contributed by atoms with Crippen LogP contribution in [0.25, 0.3) is 0 Å². The maximum Gasteiger partial charge on any atom is 0.245 e. The second-order valence-corrected chi connectivity index (χ2v) is 6.75. The van der Waals surface area contributed by atoms with Crippen LogP contribution in [-0.2, 0) is 20.4 Å². The number of hydrogen-bond acceptors (Lipinski definition) is 3. The molecule has 1 saturated heterocycles. The third kappa shape index (κ3) is 3.31. The van der Waals surface area contributed by atoms with Crippen molar-refractivity contribution in [2.75, 3.05) is 18.1 Å². The van der Waals surface area contributed by atoms with Gasteiger partial charge in [-0.25, -0.2) is 0 Å². The fourth-order valence-corrected chi connectivity index (χ4v) is 2.83. The van der Waals surface area contributed by atoms with Crippen LogP contribution in [0.3, 0.4) is 0 Å². The molecular weight excluding hydrogens is 252 g/mol. The van der Waals surface area contributed by atoms with E-state index in [0.717, 1.165) is 0 Å². The lowest BCUT2D eigenvalue weighted by molar-refractivity contribution is -0.150. The average molecular weight is 274 g/mol. The lowest BCUT2D eigenvalue weighted by Crippen LogP contribution is -2.64. The van der Waals surface area contributed by atoms with E-state index < -0.39 is 22.9 Å². The zero-order valence-corrected chi connectivity index (χ0v) is 12.3. The highest BCUT2D eigenvalue weighted by molar-refractivity contribution is 7.84. The van der Waals surface area contributed by atoms with Crippen LogP contribution in [0.2, 0.25) is 0 Å². The van der Waals surface area contributed by atoms with E-state index in [1.807, 2.05) is 20.8 Å². The molecule has 6 heteroatoms. The molecule has 1 fully saturated rings. The minimum atomic E-state index is -0.920. The molecule has 0 aromatic rings. The van der Waals surface area contributed by atoms with Crippen LogP contribution in [0.15, 0.2) is 0 Å². The molecule has 2 amide bonds. The molecule has 0 saturated carbocycles. The van der Waals surface area contributed by atoms with Crippen molar-refractivity contribution in [3.8, 4) is 0 Å². The maximum absolute atomic E-state index is 12.1. The Kier molecular flexibility index (Phi) is 5.31. The van der Waals surface area contributed by atoms with Gasteiger partial charge in [0, 0.05) is 28.9 Å². The van der Waals surface area contributed by atoms with E-state index in [1.54, 1.807) is 11.8 Å². The average Bonchev–Trinajstić information content (AvgIpc) is 2.30. The molecule has 1 heterocycles. The van der Waals surface area contributed by atoms with Gasteiger partial charge < -0.3 is 10.2 Å². The van der Waals surface area contributed by atoms with Gasteiger partial charge in [0.15, 0.2) is 0 Å². The van der Waals surface area contributed by atoms with Crippen molar-refractivity contribution in [2.45, 2.75) is 39.8 Å². The predicted octanol–water partition coefficient (Wildman–Crippen LogP) is 0.127. The van der Waals surface area contributed by atoms with Crippen molar-refractivity contribution in [3.05, 3.63) is 0 Å². The molecule has 0 aromatic heterocycles. The molecule has 1 N–H and O–H groups in total. The number of hydrogen-bond donors (Lipinski definition) is 1. The Morgan fingerprint density at radius 1 is 1.39 bits per heavy atom. The summed E-state index contributed by atoms with van der Waals surface area (Å²) in [6.07, 6.45) is 0. The zero-order valence-electron chi connectivity index (χ0n) is 11.4. The fraction of sp³-hybridized carbons (Fsp3) is 0.833. The normalized spacial score (nSPS) is 26.4. The predicted molar refractivity (Wildman–Crippen MR) is 71.5 cm³/mol. The molecule has 0 aliphatic carbocycles. The minimum Gasteiger partial charge on any atom is -0.343 e. The van der Waals surface area contributed by atoms with Gasteiger partial charge in [-0.1, -0.05) is 20.8 Å². The standard InChI is InChI=1S/C12H22N2O3S/c1-5-18(17)7-6-14-10(8(2)3)11(15)13-9(4)12(14)16/h8-10H,5-7H2,1-4H3,(H,13,15). The molecule has 3 atom stereocenters. The lowest BCUT2D eigenvalue weighted by atomic mass is 9.97. The van der Waals surface area contributed by atoms with Gasteiger partial charge in [-0.15, -0.1) is 0 Å². The van der Waals surface area contributed by atoms with E-state index in [2.05, 4.69) is 5.32 Å². The highest BCUT2D eigenvalue weighted by atomic mass is 32.2. The number of rotatable bonds is 5. The van der Waals surface area contributed by atoms with Crippen molar-refractivity contribution in [2.24, 2.45) is 5.92 Å². The number of carbonyl (C=O) groups excluding carboxylic acids is 2. The molecule has 1 rings (SSSR count). The molecule has 0 aromatic carbocycles. The topological polar surface area (TPSA) is 66.5 Å². The van der Waals surface area contributed by atoms with Crippen LogP contribution in [-0.4, -0.2) is 51.1 Å². The number of nitrogens with one attached hydrogen (secondary N) is 1. The second-order valence-electron chi connectivity index (χ2n) is 4.88. The third-order valence-corrected chi connectivity index (χ3v) is 4.41. The first-order valence-corrected chi connectivity index (χ1v) is 7.83. The molecule has 3 unspecified atom stereocenters. The highest BCUT2D eigenvalue weighted by Gasteiger charge is 2.39. The van der Waals surface area contributed by atoms with Crippen molar-refractivity contribution in [1.82, 2.24) is 10.2 Å². The summed E-state index contributed by atoms with van der Waals surface area (Å²) < 4.78 is 11.5. The van der Waals surface area contributed by atoms with Crippen LogP contribution in [0.4, 0.5) is 0 Å². The van der Waals surface area contributed by atoms with E-state index in [0.29, 0.717) is 18.1 Å². The first-order chi connectivity index (χ1) is 8.38. The van der Waals surface area contributed by atoms with E-state index in [4.69, 9.17) is 0 Å². The van der Waals surface area contributed by atoms with Gasteiger partial charge in [-0.2, -0.15) is 0 Å². The summed E-state index contributed by atoms with van der Waals surface area (Å²) in [5.41, 5.74) is 0. The molecule has 104 valence electrons. The monoisotopic (exact) mass is 274 g/mol. The maximum atomic E-state index is 12.1. The smallest absolute Gasteiger partial charge is 0.245 e. The molecule has 0 spiro atoms. The molecule has 0 bridgehead atoms. The Bertz CT molecular complexity index is 357. The largest absolute Gasteiger partial charge is 0.343 e. The van der Waals surface area contributed by atoms with E-state index in [1.165, 1.54) is 0 Å². The Morgan fingerprint density at radius 2 is 2.00 bits per heavy atom. The van der Waals surface area contributed by atoms with Crippen LogP contribution < -0.4 is 5.32 Å². The molecule has 1 aliphatic rings. The third-order valence-electron chi connectivity index (χ3n) is 3.13. The Balaban J connectivity index is 2.82. The molecule has 1 aliphatic heterocycles. The number of amides is 2. The fourth-order valence-electron chi connectivity index (χ4n) is 2.14. The van der Waals surface area contributed by atoms with Gasteiger partial charge in [0.05, 0.1) is 0 Å². The number of carbonyl (C=O) groups is 2. The van der Waals surface area contributed by atoms with Gasteiger partial charge in [-0.3, -0.25) is 13.8 Å². The summed E-state index contributed by atoms with van der Waals surface area (Å²) in [5.74, 6) is 0.874. The van der Waals surface area contributed by atoms with Crippen LogP contribution >= 0.6 is 0 Å². The SMILES string of the molecule is CCS(=O)CCN1C(=O)C(C)NC(=O)C1C(C)C.